The summed E-state index contributed by atoms with van der Waals surface area (Å²) in [5.74, 6) is 0.835. The van der Waals surface area contributed by atoms with E-state index in [9.17, 15) is 9.59 Å². The Morgan fingerprint density at radius 3 is 2.61 bits per heavy atom. The molecule has 1 amide bonds. The van der Waals surface area contributed by atoms with E-state index >= 15 is 0 Å². The van der Waals surface area contributed by atoms with E-state index in [4.69, 9.17) is 9.72 Å². The lowest BCUT2D eigenvalue weighted by Crippen LogP contribution is -2.40. The van der Waals surface area contributed by atoms with Crippen LogP contribution in [0.1, 0.15) is 38.4 Å². The Kier molecular flexibility index (Phi) is 6.60. The number of nitrogens with zero attached hydrogens (tertiary/aromatic N) is 4. The van der Waals surface area contributed by atoms with E-state index < -0.39 is 0 Å². The standard InChI is InChI=1S/C24H28N4O3/c1-2-31-24(30)18-13-16-27(17-14-18)22(29)12-6-11-21-26-20-10-7-15-25-23(20)28(21)19-8-4-3-5-9-19/h3-5,7-10,15,18H,2,6,11-14,16-17H2,1H3. The number of carbonyl (C=O) groups is 2. The number of para-hydroxylation sites is 1. The van der Waals surface area contributed by atoms with Crippen molar-refractivity contribution in [1.82, 2.24) is 19.4 Å². The Hall–Kier alpha value is -3.22. The molecule has 162 valence electrons. The summed E-state index contributed by atoms with van der Waals surface area (Å²) in [6, 6.07) is 13.9. The van der Waals surface area contributed by atoms with E-state index in [1.54, 1.807) is 6.20 Å². The highest BCUT2D eigenvalue weighted by Crippen LogP contribution is 2.22. The van der Waals surface area contributed by atoms with Crippen molar-refractivity contribution >= 4 is 23.0 Å². The van der Waals surface area contributed by atoms with Crippen LogP contribution in [-0.2, 0) is 20.7 Å². The first-order valence-electron chi connectivity index (χ1n) is 11.0. The van der Waals surface area contributed by atoms with Crippen molar-refractivity contribution in [2.45, 2.75) is 39.0 Å². The number of rotatable bonds is 7. The molecule has 0 radical (unpaired) electrons. The van der Waals surface area contributed by atoms with Gasteiger partial charge in [0, 0.05) is 37.8 Å². The molecular formula is C24H28N4O3. The summed E-state index contributed by atoms with van der Waals surface area (Å²) in [6.45, 7) is 3.46. The van der Waals surface area contributed by atoms with Crippen molar-refractivity contribution in [3.8, 4) is 5.69 Å². The van der Waals surface area contributed by atoms with E-state index in [-0.39, 0.29) is 17.8 Å². The highest BCUT2D eigenvalue weighted by atomic mass is 16.5. The van der Waals surface area contributed by atoms with Crippen LogP contribution in [0.3, 0.4) is 0 Å². The number of piperidine rings is 1. The molecule has 0 aliphatic carbocycles. The maximum Gasteiger partial charge on any atom is 0.309 e. The van der Waals surface area contributed by atoms with Crippen LogP contribution >= 0.6 is 0 Å². The van der Waals surface area contributed by atoms with Crippen molar-refractivity contribution in [2.24, 2.45) is 5.92 Å². The lowest BCUT2D eigenvalue weighted by Gasteiger charge is -2.31. The fraction of sp³-hybridized carbons (Fsp3) is 0.417. The monoisotopic (exact) mass is 420 g/mol. The van der Waals surface area contributed by atoms with Gasteiger partial charge in [-0.25, -0.2) is 9.97 Å². The minimum atomic E-state index is -0.136. The molecule has 0 bridgehead atoms. The zero-order valence-corrected chi connectivity index (χ0v) is 17.9. The molecule has 2 aromatic heterocycles. The van der Waals surface area contributed by atoms with Crippen molar-refractivity contribution < 1.29 is 14.3 Å². The van der Waals surface area contributed by atoms with E-state index in [0.29, 0.717) is 51.8 Å². The highest BCUT2D eigenvalue weighted by molar-refractivity contribution is 5.77. The number of hydrogen-bond donors (Lipinski definition) is 0. The summed E-state index contributed by atoms with van der Waals surface area (Å²) < 4.78 is 7.18. The summed E-state index contributed by atoms with van der Waals surface area (Å²) in [6.07, 6.45) is 5.01. The molecule has 0 saturated carbocycles. The van der Waals surface area contributed by atoms with E-state index in [2.05, 4.69) is 9.55 Å². The molecule has 1 saturated heterocycles. The van der Waals surface area contributed by atoms with Gasteiger partial charge in [0.15, 0.2) is 5.65 Å². The number of ether oxygens (including phenoxy) is 1. The van der Waals surface area contributed by atoms with Gasteiger partial charge in [-0.3, -0.25) is 14.2 Å². The lowest BCUT2D eigenvalue weighted by molar-refractivity contribution is -0.151. The number of amides is 1. The van der Waals surface area contributed by atoms with Crippen LogP contribution < -0.4 is 0 Å². The van der Waals surface area contributed by atoms with Crippen molar-refractivity contribution in [3.05, 3.63) is 54.5 Å². The zero-order valence-electron chi connectivity index (χ0n) is 17.9. The fourth-order valence-electron chi connectivity index (χ4n) is 4.16. The van der Waals surface area contributed by atoms with Gasteiger partial charge in [0.05, 0.1) is 12.5 Å². The number of likely N-dealkylation sites (tertiary alicyclic amines) is 1. The number of esters is 1. The number of carbonyl (C=O) groups excluding carboxylic acids is 2. The third kappa shape index (κ3) is 4.76. The number of imidazole rings is 1. The van der Waals surface area contributed by atoms with Crippen molar-refractivity contribution in [1.29, 1.82) is 0 Å². The molecule has 1 aliphatic rings. The van der Waals surface area contributed by atoms with Gasteiger partial charge < -0.3 is 9.64 Å². The van der Waals surface area contributed by atoms with Crippen LogP contribution in [0.2, 0.25) is 0 Å². The highest BCUT2D eigenvalue weighted by Gasteiger charge is 2.28. The summed E-state index contributed by atoms with van der Waals surface area (Å²) in [5, 5.41) is 0. The molecule has 1 fully saturated rings. The average molecular weight is 421 g/mol. The summed E-state index contributed by atoms with van der Waals surface area (Å²) >= 11 is 0. The number of aryl methyl sites for hydroxylation is 1. The molecule has 1 aliphatic heterocycles. The molecule has 4 rings (SSSR count). The first kappa shape index (κ1) is 21.0. The minimum Gasteiger partial charge on any atom is -0.466 e. The quantitative estimate of drug-likeness (QED) is 0.547. The molecule has 7 nitrogen and oxygen atoms in total. The van der Waals surface area contributed by atoms with E-state index in [1.165, 1.54) is 0 Å². The second-order valence-electron chi connectivity index (χ2n) is 7.81. The first-order valence-corrected chi connectivity index (χ1v) is 11.0. The van der Waals surface area contributed by atoms with Crippen LogP contribution in [-0.4, -0.2) is 51.0 Å². The third-order valence-corrected chi connectivity index (χ3v) is 5.76. The van der Waals surface area contributed by atoms with Gasteiger partial charge in [0.1, 0.15) is 11.3 Å². The van der Waals surface area contributed by atoms with Crippen molar-refractivity contribution in [2.75, 3.05) is 19.7 Å². The van der Waals surface area contributed by atoms with Crippen LogP contribution in [0.25, 0.3) is 16.9 Å². The molecular weight excluding hydrogens is 392 g/mol. The lowest BCUT2D eigenvalue weighted by atomic mass is 9.96. The molecule has 7 heteroatoms. The van der Waals surface area contributed by atoms with Gasteiger partial charge in [0.2, 0.25) is 5.91 Å². The molecule has 31 heavy (non-hydrogen) atoms. The molecule has 0 unspecified atom stereocenters. The summed E-state index contributed by atoms with van der Waals surface area (Å²) in [7, 11) is 0. The molecule has 0 atom stereocenters. The normalized spacial score (nSPS) is 14.7. The second-order valence-corrected chi connectivity index (χ2v) is 7.81. The molecule has 1 aromatic carbocycles. The van der Waals surface area contributed by atoms with E-state index in [0.717, 1.165) is 22.7 Å². The minimum absolute atomic E-state index is 0.0812. The summed E-state index contributed by atoms with van der Waals surface area (Å²) in [4.78, 5) is 35.7. The Bertz CT molecular complexity index is 1040. The van der Waals surface area contributed by atoms with Gasteiger partial charge in [-0.1, -0.05) is 18.2 Å². The molecule has 0 spiro atoms. The van der Waals surface area contributed by atoms with Gasteiger partial charge in [-0.05, 0) is 50.5 Å². The molecule has 3 heterocycles. The second kappa shape index (κ2) is 9.73. The SMILES string of the molecule is CCOC(=O)C1CCN(C(=O)CCCc2nc3cccnc3n2-c2ccccc2)CC1. The van der Waals surface area contributed by atoms with Gasteiger partial charge >= 0.3 is 5.97 Å². The largest absolute Gasteiger partial charge is 0.466 e. The Balaban J connectivity index is 1.37. The van der Waals surface area contributed by atoms with E-state index in [1.807, 2.05) is 54.3 Å². The van der Waals surface area contributed by atoms with Crippen LogP contribution in [0.15, 0.2) is 48.7 Å². The maximum atomic E-state index is 12.7. The molecule has 3 aromatic rings. The molecule has 0 N–H and O–H groups in total. The predicted octanol–water partition coefficient (Wildman–Crippen LogP) is 3.54. The van der Waals surface area contributed by atoms with Gasteiger partial charge in [-0.2, -0.15) is 0 Å². The smallest absolute Gasteiger partial charge is 0.309 e. The zero-order chi connectivity index (χ0) is 21.6. The van der Waals surface area contributed by atoms with Crippen molar-refractivity contribution in [3.63, 3.8) is 0 Å². The summed E-state index contributed by atoms with van der Waals surface area (Å²) in [5.41, 5.74) is 2.70. The predicted molar refractivity (Wildman–Crippen MR) is 118 cm³/mol. The Labute approximate surface area is 182 Å². The number of pyridine rings is 1. The number of fused-ring (bicyclic) bond motifs is 1. The van der Waals surface area contributed by atoms with Crippen LogP contribution in [0.5, 0.6) is 0 Å². The van der Waals surface area contributed by atoms with Gasteiger partial charge in [0.25, 0.3) is 0 Å². The average Bonchev–Trinajstić information content (AvgIpc) is 3.18. The van der Waals surface area contributed by atoms with Crippen LogP contribution in [0, 0.1) is 5.92 Å². The third-order valence-electron chi connectivity index (χ3n) is 5.76. The Morgan fingerprint density at radius 1 is 1.10 bits per heavy atom. The Morgan fingerprint density at radius 2 is 1.87 bits per heavy atom. The fourth-order valence-corrected chi connectivity index (χ4v) is 4.16. The number of benzene rings is 1. The van der Waals surface area contributed by atoms with Crippen LogP contribution in [0.4, 0.5) is 0 Å². The topological polar surface area (TPSA) is 77.3 Å². The maximum absolute atomic E-state index is 12.7. The number of hydrogen-bond acceptors (Lipinski definition) is 5. The number of aromatic nitrogens is 3. The first-order chi connectivity index (χ1) is 15.2. The van der Waals surface area contributed by atoms with Gasteiger partial charge in [-0.15, -0.1) is 0 Å².